The molecule has 26 heavy (non-hydrogen) atoms. The van der Waals surface area contributed by atoms with Crippen LogP contribution >= 0.6 is 0 Å². The van der Waals surface area contributed by atoms with Crippen LogP contribution in [0.2, 0.25) is 0 Å². The van der Waals surface area contributed by atoms with E-state index >= 15 is 0 Å². The van der Waals surface area contributed by atoms with E-state index in [9.17, 15) is 0 Å². The maximum absolute atomic E-state index is 6.31. The summed E-state index contributed by atoms with van der Waals surface area (Å²) in [6, 6.07) is 26.9. The lowest BCUT2D eigenvalue weighted by atomic mass is 10.1. The largest absolute Gasteiger partial charge is 0.489 e. The van der Waals surface area contributed by atoms with Crippen LogP contribution in [0.25, 0.3) is 0 Å². The van der Waals surface area contributed by atoms with Crippen LogP contribution in [0.1, 0.15) is 22.8 Å². The Morgan fingerprint density at radius 3 is 2.31 bits per heavy atom. The molecule has 0 heterocycles. The Labute approximate surface area is 154 Å². The minimum Gasteiger partial charge on any atom is -0.489 e. The van der Waals surface area contributed by atoms with Crippen LogP contribution < -0.4 is 14.8 Å². The summed E-state index contributed by atoms with van der Waals surface area (Å²) < 4.78 is 12.2. The van der Waals surface area contributed by atoms with E-state index in [0.717, 1.165) is 23.5 Å². The summed E-state index contributed by atoms with van der Waals surface area (Å²) in [6.07, 6.45) is 1.03. The van der Waals surface area contributed by atoms with Crippen molar-refractivity contribution in [1.82, 2.24) is 5.32 Å². The van der Waals surface area contributed by atoms with Crippen LogP contribution in [0.15, 0.2) is 78.9 Å². The molecular weight excluding hydrogens is 322 g/mol. The predicted octanol–water partition coefficient (Wildman–Crippen LogP) is 4.53. The molecule has 3 aromatic carbocycles. The van der Waals surface area contributed by atoms with E-state index < -0.39 is 0 Å². The summed E-state index contributed by atoms with van der Waals surface area (Å²) in [6.45, 7) is 0.568. The first kappa shape index (κ1) is 16.7. The standard InChI is InChI=1S/C23H23NO2/c1-24-22-15-18-9-5-6-10-21(18)23(22)26-20-13-11-19(12-14-20)25-16-17-7-3-2-4-8-17/h2-14,22-24H,15-16H2,1H3/t22-,23+/m0/s1. The molecule has 0 saturated heterocycles. The fourth-order valence-electron chi connectivity index (χ4n) is 3.46. The van der Waals surface area contributed by atoms with Gasteiger partial charge in [-0.1, -0.05) is 54.6 Å². The van der Waals surface area contributed by atoms with E-state index in [1.54, 1.807) is 0 Å². The van der Waals surface area contributed by atoms with Crippen molar-refractivity contribution in [3.8, 4) is 11.5 Å². The van der Waals surface area contributed by atoms with E-state index in [1.807, 2.05) is 49.5 Å². The molecule has 0 saturated carbocycles. The highest BCUT2D eigenvalue weighted by atomic mass is 16.5. The van der Waals surface area contributed by atoms with Gasteiger partial charge in [-0.15, -0.1) is 0 Å². The summed E-state index contributed by atoms with van der Waals surface area (Å²) >= 11 is 0. The highest BCUT2D eigenvalue weighted by Gasteiger charge is 2.32. The number of rotatable bonds is 6. The summed E-state index contributed by atoms with van der Waals surface area (Å²) in [7, 11) is 1.99. The average molecular weight is 345 g/mol. The molecule has 0 aliphatic heterocycles. The minimum absolute atomic E-state index is 0.0345. The fraction of sp³-hybridized carbons (Fsp3) is 0.217. The summed E-state index contributed by atoms with van der Waals surface area (Å²) in [4.78, 5) is 0. The third kappa shape index (κ3) is 3.58. The Balaban J connectivity index is 1.42. The number of likely N-dealkylation sites (N-methyl/N-ethyl adjacent to an activating group) is 1. The van der Waals surface area contributed by atoms with Crippen LogP contribution in [0.4, 0.5) is 0 Å². The molecule has 1 aliphatic carbocycles. The molecule has 0 spiro atoms. The molecule has 3 heteroatoms. The minimum atomic E-state index is 0.0345. The summed E-state index contributed by atoms with van der Waals surface area (Å²) in [5, 5.41) is 3.38. The van der Waals surface area contributed by atoms with Crippen molar-refractivity contribution >= 4 is 0 Å². The van der Waals surface area contributed by atoms with Crippen LogP contribution in [0.5, 0.6) is 11.5 Å². The van der Waals surface area contributed by atoms with E-state index in [1.165, 1.54) is 11.1 Å². The van der Waals surface area contributed by atoms with Crippen molar-refractivity contribution in [3.05, 3.63) is 95.6 Å². The van der Waals surface area contributed by atoms with Gasteiger partial charge >= 0.3 is 0 Å². The third-order valence-electron chi connectivity index (χ3n) is 4.87. The summed E-state index contributed by atoms with van der Waals surface area (Å²) in [5.41, 5.74) is 3.79. The monoisotopic (exact) mass is 345 g/mol. The molecule has 0 amide bonds. The molecule has 2 atom stereocenters. The lowest BCUT2D eigenvalue weighted by Gasteiger charge is -2.22. The SMILES string of the molecule is CN[C@H]1Cc2ccccc2[C@H]1Oc1ccc(OCc2ccccc2)cc1. The van der Waals surface area contributed by atoms with E-state index in [4.69, 9.17) is 9.47 Å². The molecule has 0 radical (unpaired) electrons. The average Bonchev–Trinajstić information content (AvgIpc) is 3.06. The van der Waals surface area contributed by atoms with Gasteiger partial charge in [0.1, 0.15) is 24.2 Å². The third-order valence-corrected chi connectivity index (χ3v) is 4.87. The number of hydrogen-bond donors (Lipinski definition) is 1. The van der Waals surface area contributed by atoms with Crippen molar-refractivity contribution in [2.45, 2.75) is 25.2 Å². The molecule has 4 rings (SSSR count). The van der Waals surface area contributed by atoms with Crippen molar-refractivity contribution in [3.63, 3.8) is 0 Å². The Morgan fingerprint density at radius 1 is 0.846 bits per heavy atom. The smallest absolute Gasteiger partial charge is 0.140 e. The van der Waals surface area contributed by atoms with Gasteiger partial charge < -0.3 is 14.8 Å². The highest BCUT2D eigenvalue weighted by molar-refractivity contribution is 5.38. The molecule has 3 aromatic rings. The lowest BCUT2D eigenvalue weighted by molar-refractivity contribution is 0.172. The van der Waals surface area contributed by atoms with Crippen molar-refractivity contribution in [1.29, 1.82) is 0 Å². The van der Waals surface area contributed by atoms with E-state index in [0.29, 0.717) is 12.6 Å². The Bertz CT molecular complexity index is 846. The summed E-state index contributed by atoms with van der Waals surface area (Å²) in [5.74, 6) is 1.71. The van der Waals surface area contributed by atoms with Crippen LogP contribution in [0.3, 0.4) is 0 Å². The topological polar surface area (TPSA) is 30.5 Å². The number of ether oxygens (including phenoxy) is 2. The van der Waals surface area contributed by atoms with Gasteiger partial charge in [0.25, 0.3) is 0 Å². The highest BCUT2D eigenvalue weighted by Crippen LogP contribution is 2.35. The number of hydrogen-bond acceptors (Lipinski definition) is 3. The lowest BCUT2D eigenvalue weighted by Crippen LogP contribution is -2.32. The molecule has 0 aromatic heterocycles. The predicted molar refractivity (Wildman–Crippen MR) is 104 cm³/mol. The number of nitrogens with one attached hydrogen (secondary N) is 1. The Morgan fingerprint density at radius 2 is 1.54 bits per heavy atom. The Kier molecular flexibility index (Phi) is 4.89. The zero-order valence-corrected chi connectivity index (χ0v) is 14.9. The van der Waals surface area contributed by atoms with Gasteiger partial charge in [-0.3, -0.25) is 0 Å². The number of fused-ring (bicyclic) bond motifs is 1. The number of benzene rings is 3. The zero-order chi connectivity index (χ0) is 17.8. The van der Waals surface area contributed by atoms with Crippen LogP contribution in [0, 0.1) is 0 Å². The molecule has 3 nitrogen and oxygen atoms in total. The normalized spacial score (nSPS) is 18.3. The zero-order valence-electron chi connectivity index (χ0n) is 14.9. The second-order valence-corrected chi connectivity index (χ2v) is 6.58. The van der Waals surface area contributed by atoms with Gasteiger partial charge in [0.05, 0.1) is 6.04 Å². The van der Waals surface area contributed by atoms with Crippen molar-refractivity contribution < 1.29 is 9.47 Å². The van der Waals surface area contributed by atoms with E-state index in [-0.39, 0.29) is 6.10 Å². The Hall–Kier alpha value is -2.78. The second-order valence-electron chi connectivity index (χ2n) is 6.58. The quantitative estimate of drug-likeness (QED) is 0.712. The molecule has 132 valence electrons. The molecule has 0 unspecified atom stereocenters. The first-order chi connectivity index (χ1) is 12.8. The first-order valence-electron chi connectivity index (χ1n) is 9.02. The van der Waals surface area contributed by atoms with Crippen LogP contribution in [-0.2, 0) is 13.0 Å². The van der Waals surface area contributed by atoms with Gasteiger partial charge in [-0.05, 0) is 54.4 Å². The maximum atomic E-state index is 6.31. The van der Waals surface area contributed by atoms with Crippen LogP contribution in [-0.4, -0.2) is 13.1 Å². The fourth-order valence-corrected chi connectivity index (χ4v) is 3.46. The molecule has 1 N–H and O–H groups in total. The molecular formula is C23H23NO2. The molecule has 1 aliphatic rings. The maximum Gasteiger partial charge on any atom is 0.140 e. The van der Waals surface area contributed by atoms with Crippen molar-refractivity contribution in [2.24, 2.45) is 0 Å². The van der Waals surface area contributed by atoms with Gasteiger partial charge in [-0.2, -0.15) is 0 Å². The van der Waals surface area contributed by atoms with Gasteiger partial charge in [0.2, 0.25) is 0 Å². The van der Waals surface area contributed by atoms with Crippen molar-refractivity contribution in [2.75, 3.05) is 7.05 Å². The second kappa shape index (κ2) is 7.63. The molecule has 0 bridgehead atoms. The van der Waals surface area contributed by atoms with Gasteiger partial charge in [0.15, 0.2) is 0 Å². The van der Waals surface area contributed by atoms with E-state index in [2.05, 4.69) is 41.7 Å². The first-order valence-corrected chi connectivity index (χ1v) is 9.02. The van der Waals surface area contributed by atoms with Gasteiger partial charge in [-0.25, -0.2) is 0 Å². The molecule has 0 fully saturated rings. The van der Waals surface area contributed by atoms with Gasteiger partial charge in [0, 0.05) is 0 Å².